The molecule has 64 valence electrons. The molecule has 0 bridgehead atoms. The second-order valence-electron chi connectivity index (χ2n) is 2.51. The molecule has 0 aliphatic carbocycles. The summed E-state index contributed by atoms with van der Waals surface area (Å²) in [6, 6.07) is 9.73. The summed E-state index contributed by atoms with van der Waals surface area (Å²) in [4.78, 5) is 0. The predicted molar refractivity (Wildman–Crippen MR) is 50.4 cm³/mol. The van der Waals surface area contributed by atoms with Gasteiger partial charge in [-0.05, 0) is 0 Å². The number of aromatic nitrogens is 3. The predicted octanol–water partition coefficient (Wildman–Crippen LogP) is 1.41. The van der Waals surface area contributed by atoms with Crippen molar-refractivity contribution in [2.75, 3.05) is 0 Å². The first-order chi connectivity index (χ1) is 6.42. The minimum absolute atomic E-state index is 0.704. The number of hydrogen-bond acceptors (Lipinski definition) is 3. The Kier molecular flexibility index (Phi) is 1.88. The number of rotatable bonds is 2. The SMILES string of the molecule is C=Nn1cnnc1-c1ccccc1. The second-order valence-corrected chi connectivity index (χ2v) is 2.51. The monoisotopic (exact) mass is 172 g/mol. The van der Waals surface area contributed by atoms with Gasteiger partial charge in [0.05, 0.1) is 0 Å². The van der Waals surface area contributed by atoms with Gasteiger partial charge < -0.3 is 0 Å². The van der Waals surface area contributed by atoms with Crippen molar-refractivity contribution in [2.24, 2.45) is 5.10 Å². The van der Waals surface area contributed by atoms with Crippen LogP contribution in [-0.4, -0.2) is 21.6 Å². The fourth-order valence-corrected chi connectivity index (χ4v) is 1.11. The molecule has 0 radical (unpaired) electrons. The molecule has 0 aliphatic heterocycles. The Morgan fingerprint density at radius 1 is 1.23 bits per heavy atom. The minimum atomic E-state index is 0.704. The van der Waals surface area contributed by atoms with Crippen LogP contribution < -0.4 is 0 Å². The summed E-state index contributed by atoms with van der Waals surface area (Å²) < 4.78 is 1.54. The zero-order valence-corrected chi connectivity index (χ0v) is 6.96. The first-order valence-corrected chi connectivity index (χ1v) is 3.84. The highest BCUT2D eigenvalue weighted by Gasteiger charge is 2.03. The van der Waals surface area contributed by atoms with Gasteiger partial charge in [-0.3, -0.25) is 0 Å². The van der Waals surface area contributed by atoms with Gasteiger partial charge in [-0.2, -0.15) is 5.10 Å². The first-order valence-electron chi connectivity index (χ1n) is 3.84. The Morgan fingerprint density at radius 2 is 2.00 bits per heavy atom. The zero-order valence-electron chi connectivity index (χ0n) is 6.96. The Labute approximate surface area is 75.5 Å². The maximum Gasteiger partial charge on any atom is 0.184 e. The lowest BCUT2D eigenvalue weighted by atomic mass is 10.2. The second kappa shape index (κ2) is 3.18. The highest BCUT2D eigenvalue weighted by atomic mass is 15.4. The smallest absolute Gasteiger partial charge is 0.184 e. The summed E-state index contributed by atoms with van der Waals surface area (Å²) >= 11 is 0. The van der Waals surface area contributed by atoms with Crippen molar-refractivity contribution >= 4 is 6.72 Å². The number of benzene rings is 1. The summed E-state index contributed by atoms with van der Waals surface area (Å²) in [6.07, 6.45) is 1.52. The van der Waals surface area contributed by atoms with E-state index in [1.165, 1.54) is 11.0 Å². The molecule has 1 aromatic carbocycles. The fourth-order valence-electron chi connectivity index (χ4n) is 1.11. The van der Waals surface area contributed by atoms with Crippen molar-refractivity contribution in [3.05, 3.63) is 36.7 Å². The molecular formula is C9H8N4. The average molecular weight is 172 g/mol. The molecule has 1 heterocycles. The maximum atomic E-state index is 3.94. The van der Waals surface area contributed by atoms with E-state index in [0.717, 1.165) is 5.56 Å². The van der Waals surface area contributed by atoms with Crippen LogP contribution in [0.2, 0.25) is 0 Å². The number of nitrogens with zero attached hydrogens (tertiary/aromatic N) is 4. The largest absolute Gasteiger partial charge is 0.201 e. The third-order valence-electron chi connectivity index (χ3n) is 1.71. The van der Waals surface area contributed by atoms with Crippen molar-refractivity contribution in [3.63, 3.8) is 0 Å². The summed E-state index contributed by atoms with van der Waals surface area (Å²) in [7, 11) is 0. The van der Waals surface area contributed by atoms with E-state index in [0.29, 0.717) is 5.82 Å². The summed E-state index contributed by atoms with van der Waals surface area (Å²) in [5.41, 5.74) is 0.979. The molecule has 0 saturated carbocycles. The van der Waals surface area contributed by atoms with E-state index >= 15 is 0 Å². The van der Waals surface area contributed by atoms with Crippen LogP contribution in [0, 0.1) is 0 Å². The molecule has 4 heteroatoms. The molecule has 0 spiro atoms. The lowest BCUT2D eigenvalue weighted by Crippen LogP contribution is -1.89. The first kappa shape index (κ1) is 7.67. The van der Waals surface area contributed by atoms with Gasteiger partial charge in [0, 0.05) is 12.3 Å². The Balaban J connectivity index is 2.52. The van der Waals surface area contributed by atoms with E-state index in [1.54, 1.807) is 0 Å². The van der Waals surface area contributed by atoms with Gasteiger partial charge in [-0.1, -0.05) is 30.3 Å². The van der Waals surface area contributed by atoms with Gasteiger partial charge in [0.2, 0.25) is 0 Å². The van der Waals surface area contributed by atoms with Crippen LogP contribution in [0.5, 0.6) is 0 Å². The summed E-state index contributed by atoms with van der Waals surface area (Å²) in [5, 5.41) is 11.4. The lowest BCUT2D eigenvalue weighted by Gasteiger charge is -1.97. The third kappa shape index (κ3) is 1.33. The van der Waals surface area contributed by atoms with E-state index in [1.807, 2.05) is 30.3 Å². The molecular weight excluding hydrogens is 164 g/mol. The van der Waals surface area contributed by atoms with Crippen LogP contribution in [0.3, 0.4) is 0 Å². The van der Waals surface area contributed by atoms with Crippen LogP contribution in [-0.2, 0) is 0 Å². The van der Waals surface area contributed by atoms with Crippen molar-refractivity contribution in [1.82, 2.24) is 14.9 Å². The van der Waals surface area contributed by atoms with Gasteiger partial charge in [0.15, 0.2) is 5.82 Å². The van der Waals surface area contributed by atoms with Gasteiger partial charge in [0.25, 0.3) is 0 Å². The summed E-state index contributed by atoms with van der Waals surface area (Å²) in [6.45, 7) is 3.42. The quantitative estimate of drug-likeness (QED) is 0.643. The van der Waals surface area contributed by atoms with Gasteiger partial charge in [-0.25, -0.2) is 4.68 Å². The van der Waals surface area contributed by atoms with Crippen LogP contribution in [0.4, 0.5) is 0 Å². The van der Waals surface area contributed by atoms with E-state index in [4.69, 9.17) is 0 Å². The van der Waals surface area contributed by atoms with Crippen LogP contribution in [0.25, 0.3) is 11.4 Å². The standard InChI is InChI=1S/C9H8N4/c1-10-13-7-11-12-9(13)8-5-3-2-4-6-8/h2-7H,1H2. The lowest BCUT2D eigenvalue weighted by molar-refractivity contribution is 0.892. The molecule has 0 saturated heterocycles. The molecule has 0 atom stereocenters. The molecule has 0 N–H and O–H groups in total. The van der Waals surface area contributed by atoms with Gasteiger partial charge in [-0.15, -0.1) is 10.2 Å². The molecule has 0 fully saturated rings. The number of hydrogen-bond donors (Lipinski definition) is 0. The highest BCUT2D eigenvalue weighted by molar-refractivity contribution is 5.54. The van der Waals surface area contributed by atoms with Crippen molar-refractivity contribution in [3.8, 4) is 11.4 Å². The van der Waals surface area contributed by atoms with E-state index in [2.05, 4.69) is 22.0 Å². The van der Waals surface area contributed by atoms with Crippen molar-refractivity contribution in [1.29, 1.82) is 0 Å². The molecule has 2 aromatic rings. The van der Waals surface area contributed by atoms with Crippen LogP contribution in [0.15, 0.2) is 41.8 Å². The maximum absolute atomic E-state index is 3.94. The van der Waals surface area contributed by atoms with Gasteiger partial charge in [0.1, 0.15) is 6.33 Å². The topological polar surface area (TPSA) is 43.1 Å². The Bertz CT molecular complexity index is 405. The highest BCUT2D eigenvalue weighted by Crippen LogP contribution is 2.14. The third-order valence-corrected chi connectivity index (χ3v) is 1.71. The van der Waals surface area contributed by atoms with Crippen molar-refractivity contribution < 1.29 is 0 Å². The summed E-state index contributed by atoms with van der Waals surface area (Å²) in [5.74, 6) is 0.704. The Morgan fingerprint density at radius 3 is 2.69 bits per heavy atom. The minimum Gasteiger partial charge on any atom is -0.201 e. The van der Waals surface area contributed by atoms with E-state index in [9.17, 15) is 0 Å². The zero-order chi connectivity index (χ0) is 9.10. The van der Waals surface area contributed by atoms with Gasteiger partial charge >= 0.3 is 0 Å². The molecule has 0 unspecified atom stereocenters. The van der Waals surface area contributed by atoms with E-state index in [-0.39, 0.29) is 0 Å². The van der Waals surface area contributed by atoms with Crippen LogP contribution >= 0.6 is 0 Å². The molecule has 0 aliphatic rings. The molecule has 13 heavy (non-hydrogen) atoms. The van der Waals surface area contributed by atoms with Crippen LogP contribution in [0.1, 0.15) is 0 Å². The molecule has 1 aromatic heterocycles. The molecule has 0 amide bonds. The fraction of sp³-hybridized carbons (Fsp3) is 0. The Hall–Kier alpha value is -1.97. The molecule has 2 rings (SSSR count). The van der Waals surface area contributed by atoms with E-state index < -0.39 is 0 Å². The average Bonchev–Trinajstić information content (AvgIpc) is 2.67. The normalized spacial score (nSPS) is 9.85. The molecule has 4 nitrogen and oxygen atoms in total. The van der Waals surface area contributed by atoms with Crippen molar-refractivity contribution in [2.45, 2.75) is 0 Å².